The molecule has 2 aromatic carbocycles. The molecule has 0 spiro atoms. The molecule has 0 radical (unpaired) electrons. The van der Waals surface area contributed by atoms with Crippen LogP contribution in [0.2, 0.25) is 0 Å². The zero-order valence-electron chi connectivity index (χ0n) is 17.2. The first-order valence-corrected chi connectivity index (χ1v) is 10.0. The number of halogens is 3. The molecule has 1 aliphatic carbocycles. The van der Waals surface area contributed by atoms with Gasteiger partial charge in [0, 0.05) is 24.7 Å². The lowest BCUT2D eigenvalue weighted by atomic mass is 9.97. The van der Waals surface area contributed by atoms with Gasteiger partial charge in [0.05, 0.1) is 20.1 Å². The van der Waals surface area contributed by atoms with Crippen molar-refractivity contribution in [3.8, 4) is 11.5 Å². The molecule has 0 fully saturated rings. The third-order valence-electron chi connectivity index (χ3n) is 5.85. The van der Waals surface area contributed by atoms with Crippen molar-refractivity contribution in [2.45, 2.75) is 43.6 Å². The summed E-state index contributed by atoms with van der Waals surface area (Å²) in [7, 11) is 2.42. The molecule has 2 aliphatic rings. The fourth-order valence-corrected chi connectivity index (χ4v) is 4.40. The molecule has 2 aromatic rings. The Bertz CT molecular complexity index is 972. The van der Waals surface area contributed by atoms with Crippen LogP contribution in [-0.4, -0.2) is 33.0 Å². The number of carbonyl (C=O) groups is 1. The van der Waals surface area contributed by atoms with Crippen LogP contribution in [0.5, 0.6) is 11.5 Å². The number of hydrogen-bond acceptors (Lipinski definition) is 5. The zero-order chi connectivity index (χ0) is 22.2. The third kappa shape index (κ3) is 4.21. The van der Waals surface area contributed by atoms with Crippen LogP contribution in [0.1, 0.15) is 53.2 Å². The normalized spacial score (nSPS) is 20.5. The van der Waals surface area contributed by atoms with Crippen molar-refractivity contribution in [3.63, 3.8) is 0 Å². The van der Waals surface area contributed by atoms with Gasteiger partial charge in [0.15, 0.2) is 6.10 Å². The molecule has 0 unspecified atom stereocenters. The molecular weight excluding hydrogens is 413 g/mol. The second kappa shape index (κ2) is 8.42. The lowest BCUT2D eigenvalue weighted by Gasteiger charge is -2.22. The van der Waals surface area contributed by atoms with Crippen molar-refractivity contribution >= 4 is 5.97 Å². The Morgan fingerprint density at radius 2 is 2.00 bits per heavy atom. The number of fused-ring (bicyclic) bond motifs is 2. The Labute approximate surface area is 178 Å². The van der Waals surface area contributed by atoms with Gasteiger partial charge in [-0.25, -0.2) is 0 Å². The predicted molar refractivity (Wildman–Crippen MR) is 105 cm³/mol. The van der Waals surface area contributed by atoms with E-state index in [2.05, 4.69) is 0 Å². The highest BCUT2D eigenvalue weighted by molar-refractivity contribution is 5.71. The van der Waals surface area contributed by atoms with Crippen LogP contribution >= 0.6 is 0 Å². The van der Waals surface area contributed by atoms with Crippen LogP contribution in [0, 0.1) is 0 Å². The van der Waals surface area contributed by atoms with E-state index in [1.165, 1.54) is 13.2 Å². The van der Waals surface area contributed by atoms with Crippen molar-refractivity contribution < 1.29 is 36.9 Å². The van der Waals surface area contributed by atoms with Crippen molar-refractivity contribution in [1.82, 2.24) is 0 Å². The number of alkyl halides is 3. The molecule has 1 heterocycles. The van der Waals surface area contributed by atoms with Crippen molar-refractivity contribution in [3.05, 3.63) is 58.7 Å². The highest BCUT2D eigenvalue weighted by Gasteiger charge is 2.43. The topological polar surface area (TPSA) is 54.0 Å². The molecule has 8 heteroatoms. The van der Waals surface area contributed by atoms with E-state index < -0.39 is 12.3 Å². The first-order chi connectivity index (χ1) is 14.8. The number of methoxy groups -OCH3 is 2. The Kier molecular flexibility index (Phi) is 5.83. The van der Waals surface area contributed by atoms with Crippen LogP contribution in [0.4, 0.5) is 13.2 Å². The van der Waals surface area contributed by atoms with Gasteiger partial charge in [-0.3, -0.25) is 4.79 Å². The lowest BCUT2D eigenvalue weighted by Crippen LogP contribution is -2.23. The molecule has 0 N–H and O–H groups in total. The molecule has 5 nitrogen and oxygen atoms in total. The quantitative estimate of drug-likeness (QED) is 0.594. The molecule has 4 rings (SSSR count). The molecule has 3 atom stereocenters. The highest BCUT2D eigenvalue weighted by atomic mass is 19.4. The van der Waals surface area contributed by atoms with Crippen molar-refractivity contribution in [1.29, 1.82) is 0 Å². The molecule has 166 valence electrons. The molecule has 0 bridgehead atoms. The summed E-state index contributed by atoms with van der Waals surface area (Å²) in [6.07, 6.45) is -5.51. The predicted octanol–water partition coefficient (Wildman–Crippen LogP) is 5.04. The average molecular weight is 436 g/mol. The minimum Gasteiger partial charge on any atom is -0.492 e. The standard InChI is InChI=1S/C23H23F3O5/c1-28-21(27)10-13-12-30-20-11-14(6-7-15(13)20)31-19-9-8-16-17(19)4-3-5-18(16)22(29-2)23(24,25)26/h3-7,11,13,19,22H,8-10,12H2,1-2H3/t13-,19+,22-/m1/s1. The van der Waals surface area contributed by atoms with E-state index in [1.54, 1.807) is 24.3 Å². The van der Waals surface area contributed by atoms with Crippen LogP contribution in [-0.2, 0) is 20.7 Å². The summed E-state index contributed by atoms with van der Waals surface area (Å²) in [5, 5.41) is 0. The van der Waals surface area contributed by atoms with E-state index in [0.29, 0.717) is 36.5 Å². The molecule has 0 amide bonds. The van der Waals surface area contributed by atoms with Crippen LogP contribution in [0.3, 0.4) is 0 Å². The smallest absolute Gasteiger partial charge is 0.418 e. The van der Waals surface area contributed by atoms with Crippen LogP contribution in [0.15, 0.2) is 36.4 Å². The Hall–Kier alpha value is -2.74. The maximum absolute atomic E-state index is 13.4. The summed E-state index contributed by atoms with van der Waals surface area (Å²) in [6, 6.07) is 10.3. The second-order valence-corrected chi connectivity index (χ2v) is 7.71. The maximum Gasteiger partial charge on any atom is 0.418 e. The third-order valence-corrected chi connectivity index (χ3v) is 5.85. The van der Waals surface area contributed by atoms with E-state index in [4.69, 9.17) is 18.9 Å². The van der Waals surface area contributed by atoms with Crippen molar-refractivity contribution in [2.24, 2.45) is 0 Å². The number of ether oxygens (including phenoxy) is 4. The molecule has 0 saturated carbocycles. The summed E-state index contributed by atoms with van der Waals surface area (Å²) in [5.41, 5.74) is 2.43. The summed E-state index contributed by atoms with van der Waals surface area (Å²) >= 11 is 0. The Balaban J connectivity index is 1.53. The zero-order valence-corrected chi connectivity index (χ0v) is 17.2. The summed E-state index contributed by atoms with van der Waals surface area (Å²) < 4.78 is 61.5. The van der Waals surface area contributed by atoms with Crippen LogP contribution < -0.4 is 9.47 Å². The minimum absolute atomic E-state index is 0.0698. The fourth-order valence-electron chi connectivity index (χ4n) is 4.40. The number of rotatable bonds is 6. The largest absolute Gasteiger partial charge is 0.492 e. The van der Waals surface area contributed by atoms with Gasteiger partial charge in [0.2, 0.25) is 0 Å². The summed E-state index contributed by atoms with van der Waals surface area (Å²) in [4.78, 5) is 11.6. The van der Waals surface area contributed by atoms with Crippen LogP contribution in [0.25, 0.3) is 0 Å². The second-order valence-electron chi connectivity index (χ2n) is 7.71. The average Bonchev–Trinajstić information content (AvgIpc) is 3.32. The summed E-state index contributed by atoms with van der Waals surface area (Å²) in [5.74, 6) is 0.850. The molecule has 0 saturated heterocycles. The van der Waals surface area contributed by atoms with Gasteiger partial charge < -0.3 is 18.9 Å². The van der Waals surface area contributed by atoms with Gasteiger partial charge in [-0.05, 0) is 35.6 Å². The first-order valence-electron chi connectivity index (χ1n) is 10.0. The summed E-state index contributed by atoms with van der Waals surface area (Å²) in [6.45, 7) is 0.388. The Morgan fingerprint density at radius 1 is 1.19 bits per heavy atom. The molecule has 31 heavy (non-hydrogen) atoms. The van der Waals surface area contributed by atoms with E-state index >= 15 is 0 Å². The maximum atomic E-state index is 13.4. The number of esters is 1. The van der Waals surface area contributed by atoms with E-state index in [1.807, 2.05) is 6.07 Å². The SMILES string of the molecule is COC(=O)C[C@@H]1COc2cc(O[C@H]3CCc4c3cccc4[C@@H](OC)C(F)(F)F)ccc21. The highest BCUT2D eigenvalue weighted by Crippen LogP contribution is 2.44. The number of hydrogen-bond donors (Lipinski definition) is 0. The van der Waals surface area contributed by atoms with E-state index in [9.17, 15) is 18.0 Å². The van der Waals surface area contributed by atoms with Gasteiger partial charge in [-0.15, -0.1) is 0 Å². The number of benzene rings is 2. The van der Waals surface area contributed by atoms with Gasteiger partial charge in [0.1, 0.15) is 17.6 Å². The minimum atomic E-state index is -4.49. The molecular formula is C23H23F3O5. The first kappa shape index (κ1) is 21.5. The van der Waals surface area contributed by atoms with E-state index in [0.717, 1.165) is 18.2 Å². The van der Waals surface area contributed by atoms with Gasteiger partial charge >= 0.3 is 12.1 Å². The van der Waals surface area contributed by atoms with Crippen molar-refractivity contribution in [2.75, 3.05) is 20.8 Å². The Morgan fingerprint density at radius 3 is 2.71 bits per heavy atom. The van der Waals surface area contributed by atoms with Gasteiger partial charge in [-0.1, -0.05) is 24.3 Å². The van der Waals surface area contributed by atoms with E-state index in [-0.39, 0.29) is 30.0 Å². The fraction of sp³-hybridized carbons (Fsp3) is 0.435. The van der Waals surface area contributed by atoms with Gasteiger partial charge in [0.25, 0.3) is 0 Å². The molecule has 0 aromatic heterocycles. The monoisotopic (exact) mass is 436 g/mol. The molecule has 1 aliphatic heterocycles. The van der Waals surface area contributed by atoms with Gasteiger partial charge in [-0.2, -0.15) is 13.2 Å². The lowest BCUT2D eigenvalue weighted by molar-refractivity contribution is -0.216. The number of carbonyl (C=O) groups excluding carboxylic acids is 1.